The molecule has 0 spiro atoms. The smallest absolute Gasteiger partial charge is 0.0478 e. The molecule has 0 aromatic rings. The summed E-state index contributed by atoms with van der Waals surface area (Å²) in [5.74, 6) is 0.753. The molecule has 0 aliphatic carbocycles. The molecule has 0 aliphatic rings. The van der Waals surface area contributed by atoms with Crippen molar-refractivity contribution in [2.24, 2.45) is 11.3 Å². The first-order chi connectivity index (χ1) is 7.31. The molecular weight excluding hydrogens is 198 g/mol. The predicted octanol–water partition coefficient (Wildman–Crippen LogP) is 3.42. The lowest BCUT2D eigenvalue weighted by Crippen LogP contribution is -2.30. The molecule has 0 atom stereocenters. The van der Waals surface area contributed by atoms with Gasteiger partial charge in [0.2, 0.25) is 0 Å². The van der Waals surface area contributed by atoms with E-state index in [1.54, 1.807) is 0 Å². The fourth-order valence-electron chi connectivity index (χ4n) is 1.75. The van der Waals surface area contributed by atoms with E-state index in [-0.39, 0.29) is 0 Å². The number of hydrogen-bond donors (Lipinski definition) is 0. The number of nitrogens with zero attached hydrogens (tertiary/aromatic N) is 1. The topological polar surface area (TPSA) is 12.5 Å². The Labute approximate surface area is 102 Å². The summed E-state index contributed by atoms with van der Waals surface area (Å²) in [4.78, 5) is 2.39. The highest BCUT2D eigenvalue weighted by molar-refractivity contribution is 4.66. The first-order valence-electron chi connectivity index (χ1n) is 6.57. The minimum Gasteiger partial charge on any atom is -0.381 e. The van der Waals surface area contributed by atoms with Crippen molar-refractivity contribution in [2.45, 2.75) is 47.5 Å². The second-order valence-corrected chi connectivity index (χ2v) is 6.45. The third-order valence-electron chi connectivity index (χ3n) is 2.41. The van der Waals surface area contributed by atoms with Gasteiger partial charge in [0.15, 0.2) is 0 Å². The van der Waals surface area contributed by atoms with Crippen molar-refractivity contribution < 1.29 is 4.74 Å². The van der Waals surface area contributed by atoms with Crippen LogP contribution in [0, 0.1) is 11.3 Å². The van der Waals surface area contributed by atoms with Crippen LogP contribution in [0.15, 0.2) is 0 Å². The fourth-order valence-corrected chi connectivity index (χ4v) is 1.75. The van der Waals surface area contributed by atoms with Gasteiger partial charge in [0.1, 0.15) is 0 Å². The van der Waals surface area contributed by atoms with Gasteiger partial charge in [-0.1, -0.05) is 34.6 Å². The van der Waals surface area contributed by atoms with Crippen molar-refractivity contribution in [2.75, 3.05) is 33.4 Å². The third kappa shape index (κ3) is 12.0. The van der Waals surface area contributed by atoms with Gasteiger partial charge in [0.05, 0.1) is 0 Å². The van der Waals surface area contributed by atoms with Crippen molar-refractivity contribution in [3.8, 4) is 0 Å². The highest BCUT2D eigenvalue weighted by Gasteiger charge is 2.12. The van der Waals surface area contributed by atoms with Crippen molar-refractivity contribution in [1.82, 2.24) is 4.90 Å². The maximum atomic E-state index is 5.60. The molecule has 0 saturated carbocycles. The van der Waals surface area contributed by atoms with Crippen LogP contribution in [0.1, 0.15) is 47.5 Å². The molecule has 98 valence electrons. The maximum absolute atomic E-state index is 5.60. The van der Waals surface area contributed by atoms with E-state index >= 15 is 0 Å². The molecule has 0 unspecified atom stereocenters. The lowest BCUT2D eigenvalue weighted by atomic mass is 9.96. The molecule has 0 aromatic heterocycles. The van der Waals surface area contributed by atoms with Crippen molar-refractivity contribution >= 4 is 0 Å². The normalized spacial score (nSPS) is 12.8. The monoisotopic (exact) mass is 229 g/mol. The molecule has 0 bridgehead atoms. The maximum Gasteiger partial charge on any atom is 0.0478 e. The summed E-state index contributed by atoms with van der Waals surface area (Å²) < 4.78 is 5.60. The van der Waals surface area contributed by atoms with Gasteiger partial charge in [-0.2, -0.15) is 0 Å². The molecule has 0 amide bonds. The molecule has 0 aromatic carbocycles. The van der Waals surface area contributed by atoms with Crippen LogP contribution >= 0.6 is 0 Å². The van der Waals surface area contributed by atoms with E-state index in [1.165, 1.54) is 6.42 Å². The van der Waals surface area contributed by atoms with E-state index in [4.69, 9.17) is 4.74 Å². The largest absolute Gasteiger partial charge is 0.381 e. The van der Waals surface area contributed by atoms with Gasteiger partial charge in [0.25, 0.3) is 0 Å². The SMILES string of the molecule is CC(C)CCOCCCN(C)CC(C)(C)C. The Morgan fingerprint density at radius 2 is 1.75 bits per heavy atom. The Morgan fingerprint density at radius 3 is 2.25 bits per heavy atom. The van der Waals surface area contributed by atoms with Gasteiger partial charge >= 0.3 is 0 Å². The Kier molecular flexibility index (Phi) is 8.04. The minimum absolute atomic E-state index is 0.396. The first-order valence-corrected chi connectivity index (χ1v) is 6.57. The van der Waals surface area contributed by atoms with Crippen molar-refractivity contribution in [3.63, 3.8) is 0 Å². The van der Waals surface area contributed by atoms with Crippen LogP contribution in [0.3, 0.4) is 0 Å². The van der Waals surface area contributed by atoms with E-state index in [1.807, 2.05) is 0 Å². The zero-order chi connectivity index (χ0) is 12.6. The molecule has 0 saturated heterocycles. The fraction of sp³-hybridized carbons (Fsp3) is 1.00. The van der Waals surface area contributed by atoms with E-state index in [9.17, 15) is 0 Å². The van der Waals surface area contributed by atoms with Gasteiger partial charge in [-0.3, -0.25) is 0 Å². The number of rotatable bonds is 8. The summed E-state index contributed by atoms with van der Waals surface area (Å²) in [5, 5.41) is 0. The average Bonchev–Trinajstić information content (AvgIpc) is 2.07. The second kappa shape index (κ2) is 8.08. The van der Waals surface area contributed by atoms with E-state index in [2.05, 4.69) is 46.6 Å². The number of ether oxygens (including phenoxy) is 1. The summed E-state index contributed by atoms with van der Waals surface area (Å²) in [5.41, 5.74) is 0.396. The molecule has 16 heavy (non-hydrogen) atoms. The molecular formula is C14H31NO. The third-order valence-corrected chi connectivity index (χ3v) is 2.41. The molecule has 0 rings (SSSR count). The average molecular weight is 229 g/mol. The van der Waals surface area contributed by atoms with Gasteiger partial charge in [-0.15, -0.1) is 0 Å². The van der Waals surface area contributed by atoms with Crippen LogP contribution in [0.5, 0.6) is 0 Å². The lowest BCUT2D eigenvalue weighted by molar-refractivity contribution is 0.110. The Bertz CT molecular complexity index is 161. The zero-order valence-electron chi connectivity index (χ0n) is 12.2. The summed E-state index contributed by atoms with van der Waals surface area (Å²) in [6.07, 6.45) is 2.32. The Balaban J connectivity index is 3.31. The van der Waals surface area contributed by atoms with Gasteiger partial charge in [-0.25, -0.2) is 0 Å². The number of hydrogen-bond acceptors (Lipinski definition) is 2. The predicted molar refractivity (Wildman–Crippen MR) is 71.8 cm³/mol. The summed E-state index contributed by atoms with van der Waals surface area (Å²) in [6, 6.07) is 0. The molecule has 0 N–H and O–H groups in total. The van der Waals surface area contributed by atoms with Crippen LogP contribution in [-0.4, -0.2) is 38.3 Å². The van der Waals surface area contributed by atoms with Crippen molar-refractivity contribution in [3.05, 3.63) is 0 Å². The van der Waals surface area contributed by atoms with E-state index < -0.39 is 0 Å². The standard InChI is InChI=1S/C14H31NO/c1-13(2)8-11-16-10-7-9-15(6)12-14(3,4)5/h13H,7-12H2,1-6H3. The van der Waals surface area contributed by atoms with Crippen LogP contribution in [0.25, 0.3) is 0 Å². The van der Waals surface area contributed by atoms with Crippen LogP contribution in [0.4, 0.5) is 0 Å². The summed E-state index contributed by atoms with van der Waals surface area (Å²) >= 11 is 0. The molecule has 0 heterocycles. The molecule has 2 nitrogen and oxygen atoms in total. The lowest BCUT2D eigenvalue weighted by Gasteiger charge is -2.26. The second-order valence-electron chi connectivity index (χ2n) is 6.45. The zero-order valence-corrected chi connectivity index (χ0v) is 12.2. The minimum atomic E-state index is 0.396. The highest BCUT2D eigenvalue weighted by atomic mass is 16.5. The molecule has 2 heteroatoms. The van der Waals surface area contributed by atoms with Crippen LogP contribution in [-0.2, 0) is 4.74 Å². The van der Waals surface area contributed by atoms with Crippen LogP contribution < -0.4 is 0 Å². The highest BCUT2D eigenvalue weighted by Crippen LogP contribution is 2.14. The van der Waals surface area contributed by atoms with E-state index in [0.717, 1.165) is 38.6 Å². The van der Waals surface area contributed by atoms with Crippen molar-refractivity contribution in [1.29, 1.82) is 0 Å². The quantitative estimate of drug-likeness (QED) is 0.591. The van der Waals surface area contributed by atoms with Gasteiger partial charge in [-0.05, 0) is 31.2 Å². The van der Waals surface area contributed by atoms with E-state index in [0.29, 0.717) is 5.41 Å². The van der Waals surface area contributed by atoms with Gasteiger partial charge in [0, 0.05) is 26.3 Å². The molecule has 0 radical (unpaired) electrons. The van der Waals surface area contributed by atoms with Gasteiger partial charge < -0.3 is 9.64 Å². The van der Waals surface area contributed by atoms with Crippen LogP contribution in [0.2, 0.25) is 0 Å². The summed E-state index contributed by atoms with van der Waals surface area (Å²) in [6.45, 7) is 15.4. The Hall–Kier alpha value is -0.0800. The first kappa shape index (κ1) is 15.9. The Morgan fingerprint density at radius 1 is 1.12 bits per heavy atom. The molecule has 0 fully saturated rings. The summed E-state index contributed by atoms with van der Waals surface area (Å²) in [7, 11) is 2.19. The molecule has 0 aliphatic heterocycles.